The minimum absolute atomic E-state index is 0.0107. The third kappa shape index (κ3) is 4.05. The van der Waals surface area contributed by atoms with Crippen LogP contribution in [-0.2, 0) is 9.84 Å². The number of anilines is 1. The molecule has 2 fully saturated rings. The number of carbonyl (C=O) groups is 1. The van der Waals surface area contributed by atoms with E-state index in [1.54, 1.807) is 13.8 Å². The maximum Gasteiger partial charge on any atom is 0.255 e. The van der Waals surface area contributed by atoms with Gasteiger partial charge in [0.25, 0.3) is 5.91 Å². The summed E-state index contributed by atoms with van der Waals surface area (Å²) in [5.41, 5.74) is -0.713. The van der Waals surface area contributed by atoms with Gasteiger partial charge in [0.1, 0.15) is 0 Å². The normalized spacial score (nSPS) is 29.2. The molecule has 0 saturated heterocycles. The number of carbonyl (C=O) groups excluding carboxylic acids is 1. The zero-order valence-corrected chi connectivity index (χ0v) is 19.3. The zero-order chi connectivity index (χ0) is 24.3. The Hall–Kier alpha value is -2.39. The molecule has 2 aliphatic rings. The molecular weight excluding hydrogens is 455 g/mol. The Kier molecular flexibility index (Phi) is 5.85. The highest BCUT2D eigenvalue weighted by Crippen LogP contribution is 2.54. The molecule has 4 rings (SSSR count). The van der Waals surface area contributed by atoms with Crippen molar-refractivity contribution in [3.8, 4) is 0 Å². The summed E-state index contributed by atoms with van der Waals surface area (Å²) in [5, 5.41) is 12.4. The molecule has 2 N–H and O–H groups in total. The number of hydrogen-bond donors (Lipinski definition) is 2. The van der Waals surface area contributed by atoms with Crippen LogP contribution in [0.5, 0.6) is 0 Å². The van der Waals surface area contributed by atoms with E-state index in [0.29, 0.717) is 30.5 Å². The van der Waals surface area contributed by atoms with Crippen molar-refractivity contribution in [2.75, 3.05) is 5.32 Å². The maximum atomic E-state index is 13.6. The van der Waals surface area contributed by atoms with Crippen molar-refractivity contribution in [1.29, 1.82) is 0 Å². The fraction of sp³-hybridized carbons (Fsp3) is 0.458. The SMILES string of the molecule is Cc1ccc(C(=O)Nc2cc(F)c(F)c(F)c2)cc1S(=O)(=O)[C@@H]1CC2C[C@H](C)[C@@H](C1)[C@]2(C)O. The topological polar surface area (TPSA) is 83.5 Å². The van der Waals surface area contributed by atoms with Crippen LogP contribution in [0.2, 0.25) is 0 Å². The highest BCUT2D eigenvalue weighted by atomic mass is 32.2. The fourth-order valence-corrected chi connectivity index (χ4v) is 7.66. The van der Waals surface area contributed by atoms with Crippen molar-refractivity contribution in [1.82, 2.24) is 0 Å². The lowest BCUT2D eigenvalue weighted by molar-refractivity contribution is -0.0466. The molecule has 5 atom stereocenters. The number of amides is 1. The van der Waals surface area contributed by atoms with Crippen LogP contribution in [0.15, 0.2) is 35.2 Å². The smallest absolute Gasteiger partial charge is 0.255 e. The molecule has 1 unspecified atom stereocenters. The van der Waals surface area contributed by atoms with Crippen LogP contribution in [0.3, 0.4) is 0 Å². The van der Waals surface area contributed by atoms with Gasteiger partial charge in [0, 0.05) is 23.4 Å². The van der Waals surface area contributed by atoms with Gasteiger partial charge in [-0.1, -0.05) is 13.0 Å². The molecule has 2 aliphatic carbocycles. The number of fused-ring (bicyclic) bond motifs is 2. The Morgan fingerprint density at radius 2 is 1.73 bits per heavy atom. The quantitative estimate of drug-likeness (QED) is 0.624. The summed E-state index contributed by atoms with van der Waals surface area (Å²) in [7, 11) is -3.80. The second-order valence-corrected chi connectivity index (χ2v) is 11.8. The van der Waals surface area contributed by atoms with Gasteiger partial charge in [-0.25, -0.2) is 21.6 Å². The predicted molar refractivity (Wildman–Crippen MR) is 117 cm³/mol. The lowest BCUT2D eigenvalue weighted by Gasteiger charge is -2.40. The number of nitrogens with one attached hydrogen (secondary N) is 1. The Balaban J connectivity index is 1.61. The fourth-order valence-electron chi connectivity index (χ4n) is 5.54. The highest BCUT2D eigenvalue weighted by Gasteiger charge is 2.56. The first-order valence-electron chi connectivity index (χ1n) is 10.8. The van der Waals surface area contributed by atoms with Gasteiger partial charge >= 0.3 is 0 Å². The van der Waals surface area contributed by atoms with Crippen LogP contribution in [0.1, 0.15) is 49.0 Å². The Morgan fingerprint density at radius 1 is 1.09 bits per heavy atom. The number of aliphatic hydroxyl groups is 1. The van der Waals surface area contributed by atoms with E-state index in [9.17, 15) is 31.5 Å². The van der Waals surface area contributed by atoms with Crippen molar-refractivity contribution in [3.05, 3.63) is 58.9 Å². The molecule has 33 heavy (non-hydrogen) atoms. The van der Waals surface area contributed by atoms with Crippen LogP contribution in [-0.4, -0.2) is 30.3 Å². The Bertz CT molecular complexity index is 1210. The van der Waals surface area contributed by atoms with Crippen LogP contribution in [0.4, 0.5) is 18.9 Å². The molecule has 1 amide bonds. The third-order valence-corrected chi connectivity index (χ3v) is 9.74. The zero-order valence-electron chi connectivity index (χ0n) is 18.5. The van der Waals surface area contributed by atoms with Crippen molar-refractivity contribution in [2.45, 2.75) is 55.8 Å². The van der Waals surface area contributed by atoms with Crippen LogP contribution in [0.25, 0.3) is 0 Å². The number of halogens is 3. The van der Waals surface area contributed by atoms with Crippen LogP contribution < -0.4 is 5.32 Å². The predicted octanol–water partition coefficient (Wildman–Crippen LogP) is 4.62. The van der Waals surface area contributed by atoms with E-state index >= 15 is 0 Å². The Morgan fingerprint density at radius 3 is 2.33 bits per heavy atom. The van der Waals surface area contributed by atoms with E-state index < -0.39 is 44.0 Å². The molecular formula is C24H26F3NO4S. The summed E-state index contributed by atoms with van der Waals surface area (Å²) >= 11 is 0. The van der Waals surface area contributed by atoms with Gasteiger partial charge in [0.05, 0.1) is 15.7 Å². The molecule has 2 aromatic carbocycles. The van der Waals surface area contributed by atoms with Crippen LogP contribution in [0, 0.1) is 42.1 Å². The van der Waals surface area contributed by atoms with Crippen molar-refractivity contribution in [2.24, 2.45) is 17.8 Å². The summed E-state index contributed by atoms with van der Waals surface area (Å²) in [5.74, 6) is -5.33. The summed E-state index contributed by atoms with van der Waals surface area (Å²) in [6, 6.07) is 5.47. The van der Waals surface area contributed by atoms with E-state index in [-0.39, 0.29) is 33.9 Å². The number of benzene rings is 2. The number of aryl methyl sites for hydroxylation is 1. The van der Waals surface area contributed by atoms with Gasteiger partial charge in [-0.3, -0.25) is 4.79 Å². The average Bonchev–Trinajstić information content (AvgIpc) is 2.85. The van der Waals surface area contributed by atoms with Crippen molar-refractivity contribution >= 4 is 21.4 Å². The largest absolute Gasteiger partial charge is 0.390 e. The first-order valence-corrected chi connectivity index (χ1v) is 12.4. The molecule has 0 aromatic heterocycles. The van der Waals surface area contributed by atoms with E-state index in [2.05, 4.69) is 5.32 Å². The molecule has 178 valence electrons. The van der Waals surface area contributed by atoms with E-state index in [1.807, 2.05) is 6.92 Å². The number of sulfone groups is 1. The van der Waals surface area contributed by atoms with Crippen molar-refractivity contribution < 1.29 is 31.5 Å². The van der Waals surface area contributed by atoms with E-state index in [4.69, 9.17) is 0 Å². The molecule has 0 radical (unpaired) electrons. The summed E-state index contributed by atoms with van der Waals surface area (Å²) in [4.78, 5) is 12.7. The standard InChI is InChI=1S/C24H26F3NO4S/c1-12-4-5-14(23(29)28-16-9-19(25)22(27)20(26)10-16)7-21(12)33(31,32)17-8-15-6-13(2)18(11-17)24(15,3)30/h4-5,7,9-10,13,15,17-18,30H,6,8,11H2,1-3H3,(H,28,29)/t13-,15?,17+,18+,24+/m0/s1. The maximum absolute atomic E-state index is 13.6. The first-order chi connectivity index (χ1) is 15.3. The lowest BCUT2D eigenvalue weighted by Crippen LogP contribution is -2.46. The molecule has 2 bridgehead atoms. The molecule has 0 aliphatic heterocycles. The number of hydrogen-bond acceptors (Lipinski definition) is 4. The van der Waals surface area contributed by atoms with Gasteiger partial charge in [-0.15, -0.1) is 0 Å². The third-order valence-electron chi connectivity index (χ3n) is 7.42. The second-order valence-electron chi connectivity index (χ2n) is 9.57. The minimum atomic E-state index is -3.80. The molecule has 0 spiro atoms. The Labute approximate surface area is 190 Å². The first kappa shape index (κ1) is 23.8. The molecule has 9 heteroatoms. The highest BCUT2D eigenvalue weighted by molar-refractivity contribution is 7.92. The summed E-state index contributed by atoms with van der Waals surface area (Å²) in [6.45, 7) is 5.45. The summed E-state index contributed by atoms with van der Waals surface area (Å²) < 4.78 is 67.2. The summed E-state index contributed by atoms with van der Waals surface area (Å²) in [6.07, 6.45) is 1.47. The van der Waals surface area contributed by atoms with Gasteiger partial charge in [0.15, 0.2) is 27.3 Å². The van der Waals surface area contributed by atoms with Gasteiger partial charge in [-0.2, -0.15) is 0 Å². The van der Waals surface area contributed by atoms with E-state index in [1.165, 1.54) is 18.2 Å². The van der Waals surface area contributed by atoms with Gasteiger partial charge in [-0.05, 0) is 68.6 Å². The average molecular weight is 482 g/mol. The molecule has 2 aromatic rings. The van der Waals surface area contributed by atoms with Crippen molar-refractivity contribution in [3.63, 3.8) is 0 Å². The monoisotopic (exact) mass is 481 g/mol. The van der Waals surface area contributed by atoms with E-state index in [0.717, 1.165) is 6.42 Å². The number of rotatable bonds is 4. The minimum Gasteiger partial charge on any atom is -0.390 e. The molecule has 5 nitrogen and oxygen atoms in total. The lowest BCUT2D eigenvalue weighted by atomic mass is 9.74. The van der Waals surface area contributed by atoms with Crippen LogP contribution >= 0.6 is 0 Å². The second kappa shape index (κ2) is 8.13. The van der Waals surface area contributed by atoms with Gasteiger partial charge in [0.2, 0.25) is 0 Å². The molecule has 0 heterocycles. The molecule has 2 saturated carbocycles. The van der Waals surface area contributed by atoms with Gasteiger partial charge < -0.3 is 10.4 Å².